The van der Waals surface area contributed by atoms with Crippen LogP contribution in [-0.2, 0) is 9.53 Å². The Morgan fingerprint density at radius 2 is 2.00 bits per heavy atom. The summed E-state index contributed by atoms with van der Waals surface area (Å²) in [5.74, 6) is -0.233. The fourth-order valence-corrected chi connectivity index (χ4v) is 1.05. The third-order valence-electron chi connectivity index (χ3n) is 1.81. The van der Waals surface area contributed by atoms with E-state index < -0.39 is 0 Å². The lowest BCUT2D eigenvalue weighted by atomic mass is 10.2. The van der Waals surface area contributed by atoms with Crippen LogP contribution in [-0.4, -0.2) is 23.2 Å². The fraction of sp³-hybridized carbons (Fsp3) is 0.417. The largest absolute Gasteiger partial charge is 0.506 e. The second kappa shape index (κ2) is 4.99. The van der Waals surface area contributed by atoms with Crippen LogP contribution in [0.4, 0.5) is 5.69 Å². The Bertz CT molecular complexity index is 369. The van der Waals surface area contributed by atoms with Crippen LogP contribution in [0.25, 0.3) is 0 Å². The number of para-hydroxylation sites is 2. The number of benzene rings is 1. The SMILES string of the molecule is CC(C)(C)OCC(=O)Nc1ccccc1O. The first-order valence-electron chi connectivity index (χ1n) is 5.10. The maximum absolute atomic E-state index is 11.5. The van der Waals surface area contributed by atoms with Crippen LogP contribution >= 0.6 is 0 Å². The molecule has 0 saturated heterocycles. The second-order valence-electron chi connectivity index (χ2n) is 4.47. The second-order valence-corrected chi connectivity index (χ2v) is 4.47. The van der Waals surface area contributed by atoms with Gasteiger partial charge < -0.3 is 15.2 Å². The van der Waals surface area contributed by atoms with E-state index in [0.29, 0.717) is 5.69 Å². The van der Waals surface area contributed by atoms with Crippen molar-refractivity contribution in [2.75, 3.05) is 11.9 Å². The Morgan fingerprint density at radius 1 is 1.38 bits per heavy atom. The molecule has 1 rings (SSSR count). The molecule has 88 valence electrons. The minimum absolute atomic E-state index is 0.0299. The molecule has 16 heavy (non-hydrogen) atoms. The number of carbonyl (C=O) groups excluding carboxylic acids is 1. The van der Waals surface area contributed by atoms with E-state index in [1.54, 1.807) is 18.2 Å². The summed E-state index contributed by atoms with van der Waals surface area (Å²) < 4.78 is 5.31. The van der Waals surface area contributed by atoms with Gasteiger partial charge in [-0.15, -0.1) is 0 Å². The molecule has 0 bridgehead atoms. The van der Waals surface area contributed by atoms with Crippen molar-refractivity contribution in [3.8, 4) is 5.75 Å². The van der Waals surface area contributed by atoms with Crippen molar-refractivity contribution >= 4 is 11.6 Å². The van der Waals surface area contributed by atoms with Crippen LogP contribution in [0, 0.1) is 0 Å². The average molecular weight is 223 g/mol. The van der Waals surface area contributed by atoms with E-state index >= 15 is 0 Å². The maximum atomic E-state index is 11.5. The van der Waals surface area contributed by atoms with Crippen molar-refractivity contribution in [1.29, 1.82) is 0 Å². The zero-order chi connectivity index (χ0) is 12.2. The van der Waals surface area contributed by atoms with Crippen molar-refractivity contribution in [3.05, 3.63) is 24.3 Å². The Balaban J connectivity index is 2.50. The molecule has 1 aromatic rings. The number of nitrogens with one attached hydrogen (secondary N) is 1. The molecule has 0 saturated carbocycles. The predicted molar refractivity (Wildman–Crippen MR) is 62.4 cm³/mol. The van der Waals surface area contributed by atoms with Crippen LogP contribution < -0.4 is 5.32 Å². The summed E-state index contributed by atoms with van der Waals surface area (Å²) in [4.78, 5) is 11.5. The minimum Gasteiger partial charge on any atom is -0.506 e. The number of ether oxygens (including phenoxy) is 1. The highest BCUT2D eigenvalue weighted by Gasteiger charge is 2.13. The lowest BCUT2D eigenvalue weighted by Crippen LogP contribution is -2.27. The number of rotatable bonds is 3. The summed E-state index contributed by atoms with van der Waals surface area (Å²) in [6.07, 6.45) is 0. The summed E-state index contributed by atoms with van der Waals surface area (Å²) in [7, 11) is 0. The van der Waals surface area contributed by atoms with Gasteiger partial charge in [0.15, 0.2) is 0 Å². The maximum Gasteiger partial charge on any atom is 0.250 e. The van der Waals surface area contributed by atoms with Gasteiger partial charge in [0.1, 0.15) is 12.4 Å². The minimum atomic E-state index is -0.351. The molecule has 0 aliphatic heterocycles. The number of phenolic OH excluding ortho intramolecular Hbond substituents is 1. The van der Waals surface area contributed by atoms with Gasteiger partial charge in [-0.05, 0) is 32.9 Å². The van der Waals surface area contributed by atoms with Gasteiger partial charge in [-0.25, -0.2) is 0 Å². The van der Waals surface area contributed by atoms with Gasteiger partial charge in [0, 0.05) is 0 Å². The predicted octanol–water partition coefficient (Wildman–Crippen LogP) is 2.15. The van der Waals surface area contributed by atoms with E-state index in [4.69, 9.17) is 4.74 Å². The normalized spacial score (nSPS) is 11.2. The Morgan fingerprint density at radius 3 is 2.56 bits per heavy atom. The molecule has 4 heteroatoms. The van der Waals surface area contributed by atoms with E-state index in [1.165, 1.54) is 6.07 Å². The lowest BCUT2D eigenvalue weighted by molar-refractivity contribution is -0.125. The molecule has 2 N–H and O–H groups in total. The van der Waals surface area contributed by atoms with Crippen LogP contribution in [0.3, 0.4) is 0 Å². The first kappa shape index (κ1) is 12.5. The number of amides is 1. The molecule has 0 aliphatic rings. The number of aromatic hydroxyl groups is 1. The van der Waals surface area contributed by atoms with Gasteiger partial charge in [0.25, 0.3) is 0 Å². The summed E-state index contributed by atoms with van der Waals surface area (Å²) in [6.45, 7) is 5.60. The van der Waals surface area contributed by atoms with Gasteiger partial charge in [-0.2, -0.15) is 0 Å². The summed E-state index contributed by atoms with van der Waals surface area (Å²) >= 11 is 0. The summed E-state index contributed by atoms with van der Waals surface area (Å²) in [5, 5.41) is 12.0. The van der Waals surface area contributed by atoms with Crippen LogP contribution in [0.15, 0.2) is 24.3 Å². The van der Waals surface area contributed by atoms with Crippen molar-refractivity contribution in [3.63, 3.8) is 0 Å². The monoisotopic (exact) mass is 223 g/mol. The molecular formula is C12H17NO3. The van der Waals surface area contributed by atoms with E-state index in [-0.39, 0.29) is 23.9 Å². The van der Waals surface area contributed by atoms with Gasteiger partial charge in [-0.1, -0.05) is 12.1 Å². The first-order valence-corrected chi connectivity index (χ1v) is 5.10. The Hall–Kier alpha value is -1.55. The highest BCUT2D eigenvalue weighted by molar-refractivity contribution is 5.93. The first-order chi connectivity index (χ1) is 7.38. The van der Waals surface area contributed by atoms with E-state index in [0.717, 1.165) is 0 Å². The zero-order valence-corrected chi connectivity index (χ0v) is 9.78. The molecule has 0 aromatic heterocycles. The number of hydrogen-bond donors (Lipinski definition) is 2. The van der Waals surface area contributed by atoms with Gasteiger partial charge in [0.05, 0.1) is 11.3 Å². The van der Waals surface area contributed by atoms with Gasteiger partial charge in [-0.3, -0.25) is 4.79 Å². The third-order valence-corrected chi connectivity index (χ3v) is 1.81. The van der Waals surface area contributed by atoms with E-state index in [9.17, 15) is 9.90 Å². The highest BCUT2D eigenvalue weighted by atomic mass is 16.5. The Labute approximate surface area is 95.2 Å². The van der Waals surface area contributed by atoms with Gasteiger partial charge in [0.2, 0.25) is 5.91 Å². The smallest absolute Gasteiger partial charge is 0.250 e. The van der Waals surface area contributed by atoms with Crippen LogP contribution in [0.2, 0.25) is 0 Å². The number of anilines is 1. The van der Waals surface area contributed by atoms with Crippen molar-refractivity contribution in [2.45, 2.75) is 26.4 Å². The molecule has 0 radical (unpaired) electrons. The quantitative estimate of drug-likeness (QED) is 0.772. The fourth-order valence-electron chi connectivity index (χ4n) is 1.05. The van der Waals surface area contributed by atoms with Crippen molar-refractivity contribution < 1.29 is 14.6 Å². The number of phenols is 1. The van der Waals surface area contributed by atoms with E-state index in [1.807, 2.05) is 20.8 Å². The molecule has 1 amide bonds. The summed E-state index contributed by atoms with van der Waals surface area (Å²) in [6, 6.07) is 6.57. The molecular weight excluding hydrogens is 206 g/mol. The zero-order valence-electron chi connectivity index (χ0n) is 9.78. The molecule has 0 spiro atoms. The molecule has 4 nitrogen and oxygen atoms in total. The molecule has 0 unspecified atom stereocenters. The van der Waals surface area contributed by atoms with Crippen molar-refractivity contribution in [2.24, 2.45) is 0 Å². The standard InChI is InChI=1S/C12H17NO3/c1-12(2,3)16-8-11(15)13-9-6-4-5-7-10(9)14/h4-7,14H,8H2,1-3H3,(H,13,15). The molecule has 0 atom stereocenters. The third kappa shape index (κ3) is 4.31. The molecule has 0 heterocycles. The van der Waals surface area contributed by atoms with E-state index in [2.05, 4.69) is 5.32 Å². The lowest BCUT2D eigenvalue weighted by Gasteiger charge is -2.19. The van der Waals surface area contributed by atoms with Crippen molar-refractivity contribution in [1.82, 2.24) is 0 Å². The molecule has 0 aliphatic carbocycles. The Kier molecular flexibility index (Phi) is 3.90. The van der Waals surface area contributed by atoms with Crippen LogP contribution in [0.1, 0.15) is 20.8 Å². The molecule has 0 fully saturated rings. The average Bonchev–Trinajstić information content (AvgIpc) is 2.18. The highest BCUT2D eigenvalue weighted by Crippen LogP contribution is 2.21. The van der Waals surface area contributed by atoms with Gasteiger partial charge >= 0.3 is 0 Å². The topological polar surface area (TPSA) is 58.6 Å². The summed E-state index contributed by atoms with van der Waals surface area (Å²) in [5.41, 5.74) is 0.0424. The number of hydrogen-bond acceptors (Lipinski definition) is 3. The molecule has 1 aromatic carbocycles. The number of carbonyl (C=O) groups is 1. The van der Waals surface area contributed by atoms with Crippen LogP contribution in [0.5, 0.6) is 5.75 Å².